The fourth-order valence-electron chi connectivity index (χ4n) is 2.16. The van der Waals surface area contributed by atoms with Crippen molar-refractivity contribution < 1.29 is 9.90 Å². The number of hydrazine groups is 1. The van der Waals surface area contributed by atoms with Gasteiger partial charge in [-0.1, -0.05) is 33.1 Å². The third-order valence-electron chi connectivity index (χ3n) is 3.07. The summed E-state index contributed by atoms with van der Waals surface area (Å²) >= 11 is 0. The van der Waals surface area contributed by atoms with Crippen molar-refractivity contribution in [2.45, 2.75) is 64.5 Å². The lowest BCUT2D eigenvalue weighted by Crippen LogP contribution is -2.50. The minimum Gasteiger partial charge on any atom is -0.480 e. The van der Waals surface area contributed by atoms with Crippen molar-refractivity contribution in [3.8, 4) is 0 Å². The number of nitrogens with one attached hydrogen (secondary N) is 2. The lowest BCUT2D eigenvalue weighted by molar-refractivity contribution is -0.140. The molecule has 0 saturated heterocycles. The molecule has 0 bridgehead atoms. The van der Waals surface area contributed by atoms with Gasteiger partial charge in [0.2, 0.25) is 0 Å². The first-order valence-electron chi connectivity index (χ1n) is 6.33. The number of rotatable bonds is 6. The van der Waals surface area contributed by atoms with E-state index in [9.17, 15) is 4.79 Å². The van der Waals surface area contributed by atoms with E-state index in [0.717, 1.165) is 12.8 Å². The maximum Gasteiger partial charge on any atom is 0.322 e. The van der Waals surface area contributed by atoms with E-state index in [4.69, 9.17) is 5.11 Å². The first kappa shape index (κ1) is 13.5. The molecule has 1 fully saturated rings. The molecule has 0 aromatic rings. The Morgan fingerprint density at radius 1 is 1.31 bits per heavy atom. The number of hydrogen-bond acceptors (Lipinski definition) is 3. The zero-order chi connectivity index (χ0) is 12.0. The summed E-state index contributed by atoms with van der Waals surface area (Å²) in [6.07, 6.45) is 6.78. The molecule has 0 aliphatic heterocycles. The fraction of sp³-hybridized carbons (Fsp3) is 0.917. The normalized spacial score (nSPS) is 19.9. The van der Waals surface area contributed by atoms with Crippen LogP contribution in [-0.4, -0.2) is 23.2 Å². The summed E-state index contributed by atoms with van der Waals surface area (Å²) in [5, 5.41) is 9.05. The second kappa shape index (κ2) is 6.86. The SMILES string of the molecule is CC(C)C[C@H](NNC1CCCCC1)C(=O)O. The van der Waals surface area contributed by atoms with Crippen LogP contribution >= 0.6 is 0 Å². The molecule has 1 rings (SSSR count). The molecule has 0 unspecified atom stereocenters. The lowest BCUT2D eigenvalue weighted by atomic mass is 9.96. The molecule has 3 N–H and O–H groups in total. The number of carbonyl (C=O) groups is 1. The van der Waals surface area contributed by atoms with Crippen LogP contribution < -0.4 is 10.9 Å². The number of carboxylic acid groups (broad SMARTS) is 1. The molecule has 0 aromatic heterocycles. The molecule has 16 heavy (non-hydrogen) atoms. The Bertz CT molecular complexity index is 213. The van der Waals surface area contributed by atoms with E-state index in [1.165, 1.54) is 19.3 Å². The number of hydrogen-bond donors (Lipinski definition) is 3. The minimum absolute atomic E-state index is 0.391. The highest BCUT2D eigenvalue weighted by Crippen LogP contribution is 2.17. The molecular formula is C12H24N2O2. The third-order valence-corrected chi connectivity index (χ3v) is 3.07. The van der Waals surface area contributed by atoms with Gasteiger partial charge >= 0.3 is 5.97 Å². The quantitative estimate of drug-likeness (QED) is 0.608. The fourth-order valence-corrected chi connectivity index (χ4v) is 2.16. The van der Waals surface area contributed by atoms with Crippen LogP contribution in [0.5, 0.6) is 0 Å². The largest absolute Gasteiger partial charge is 0.480 e. The summed E-state index contributed by atoms with van der Waals surface area (Å²) in [5.74, 6) is -0.376. The van der Waals surface area contributed by atoms with Gasteiger partial charge in [-0.05, 0) is 25.2 Å². The highest BCUT2D eigenvalue weighted by atomic mass is 16.4. The first-order chi connectivity index (χ1) is 7.59. The summed E-state index contributed by atoms with van der Waals surface area (Å²) in [4.78, 5) is 11.0. The molecule has 0 aromatic carbocycles. The molecule has 1 aliphatic rings. The molecule has 1 saturated carbocycles. The van der Waals surface area contributed by atoms with Crippen molar-refractivity contribution in [1.29, 1.82) is 0 Å². The third kappa shape index (κ3) is 4.94. The van der Waals surface area contributed by atoms with Crippen LogP contribution in [0.15, 0.2) is 0 Å². The predicted octanol–water partition coefficient (Wildman–Crippen LogP) is 1.91. The van der Waals surface area contributed by atoms with Crippen LogP contribution in [0.4, 0.5) is 0 Å². The maximum absolute atomic E-state index is 11.0. The highest BCUT2D eigenvalue weighted by molar-refractivity contribution is 5.73. The van der Waals surface area contributed by atoms with Crippen molar-refractivity contribution >= 4 is 5.97 Å². The topological polar surface area (TPSA) is 61.4 Å². The van der Waals surface area contributed by atoms with Gasteiger partial charge in [-0.25, -0.2) is 5.43 Å². The summed E-state index contributed by atoms with van der Waals surface area (Å²) < 4.78 is 0. The van der Waals surface area contributed by atoms with Gasteiger partial charge in [0.05, 0.1) is 0 Å². The minimum atomic E-state index is -0.767. The molecule has 0 amide bonds. The maximum atomic E-state index is 11.0. The molecular weight excluding hydrogens is 204 g/mol. The molecule has 0 heterocycles. The van der Waals surface area contributed by atoms with Crippen LogP contribution in [0, 0.1) is 5.92 Å². The van der Waals surface area contributed by atoms with Crippen molar-refractivity contribution in [1.82, 2.24) is 10.9 Å². The zero-order valence-electron chi connectivity index (χ0n) is 10.3. The Hall–Kier alpha value is -0.610. The van der Waals surface area contributed by atoms with Crippen LogP contribution in [0.25, 0.3) is 0 Å². The van der Waals surface area contributed by atoms with Gasteiger partial charge in [-0.3, -0.25) is 10.2 Å². The molecule has 0 spiro atoms. The van der Waals surface area contributed by atoms with Gasteiger partial charge in [-0.2, -0.15) is 0 Å². The zero-order valence-corrected chi connectivity index (χ0v) is 10.3. The van der Waals surface area contributed by atoms with Crippen molar-refractivity contribution in [2.24, 2.45) is 5.92 Å². The molecule has 94 valence electrons. The summed E-state index contributed by atoms with van der Waals surface area (Å²) in [5.41, 5.74) is 6.15. The van der Waals surface area contributed by atoms with Gasteiger partial charge in [0.15, 0.2) is 0 Å². The summed E-state index contributed by atoms with van der Waals surface area (Å²) in [6, 6.07) is -0.0234. The number of carboxylic acids is 1. The van der Waals surface area contributed by atoms with E-state index in [1.54, 1.807) is 0 Å². The van der Waals surface area contributed by atoms with E-state index < -0.39 is 12.0 Å². The van der Waals surface area contributed by atoms with Crippen molar-refractivity contribution in [3.63, 3.8) is 0 Å². The molecule has 1 aliphatic carbocycles. The Morgan fingerprint density at radius 3 is 2.44 bits per heavy atom. The van der Waals surface area contributed by atoms with E-state index in [1.807, 2.05) is 13.8 Å². The average molecular weight is 228 g/mol. The Kier molecular flexibility index (Phi) is 5.77. The molecule has 4 heteroatoms. The van der Waals surface area contributed by atoms with Crippen LogP contribution in [0.2, 0.25) is 0 Å². The lowest BCUT2D eigenvalue weighted by Gasteiger charge is -2.26. The Morgan fingerprint density at radius 2 is 1.94 bits per heavy atom. The monoisotopic (exact) mass is 228 g/mol. The Balaban J connectivity index is 2.28. The number of aliphatic carboxylic acids is 1. The van der Waals surface area contributed by atoms with Gasteiger partial charge in [-0.15, -0.1) is 0 Å². The van der Waals surface area contributed by atoms with Crippen LogP contribution in [-0.2, 0) is 4.79 Å². The second-order valence-corrected chi connectivity index (χ2v) is 5.14. The summed E-state index contributed by atoms with van der Waals surface area (Å²) in [7, 11) is 0. The molecule has 0 radical (unpaired) electrons. The Labute approximate surface area is 97.8 Å². The first-order valence-corrected chi connectivity index (χ1v) is 6.33. The van der Waals surface area contributed by atoms with E-state index >= 15 is 0 Å². The predicted molar refractivity (Wildman–Crippen MR) is 64.0 cm³/mol. The van der Waals surface area contributed by atoms with Crippen LogP contribution in [0.1, 0.15) is 52.4 Å². The molecule has 1 atom stereocenters. The van der Waals surface area contributed by atoms with E-state index in [0.29, 0.717) is 18.4 Å². The van der Waals surface area contributed by atoms with Gasteiger partial charge < -0.3 is 5.11 Å². The van der Waals surface area contributed by atoms with Crippen molar-refractivity contribution in [3.05, 3.63) is 0 Å². The van der Waals surface area contributed by atoms with Gasteiger partial charge in [0, 0.05) is 6.04 Å². The second-order valence-electron chi connectivity index (χ2n) is 5.14. The molecule has 4 nitrogen and oxygen atoms in total. The smallest absolute Gasteiger partial charge is 0.322 e. The average Bonchev–Trinajstić information content (AvgIpc) is 2.25. The summed E-state index contributed by atoms with van der Waals surface area (Å²) in [6.45, 7) is 4.08. The van der Waals surface area contributed by atoms with Gasteiger partial charge in [0.25, 0.3) is 0 Å². The standard InChI is InChI=1S/C12H24N2O2/c1-9(2)8-11(12(15)16)14-13-10-6-4-3-5-7-10/h9-11,13-14H,3-8H2,1-2H3,(H,15,16)/t11-/m0/s1. The van der Waals surface area contributed by atoms with E-state index in [-0.39, 0.29) is 0 Å². The van der Waals surface area contributed by atoms with Crippen LogP contribution in [0.3, 0.4) is 0 Å². The van der Waals surface area contributed by atoms with Gasteiger partial charge in [0.1, 0.15) is 6.04 Å². The van der Waals surface area contributed by atoms with E-state index in [2.05, 4.69) is 10.9 Å². The highest BCUT2D eigenvalue weighted by Gasteiger charge is 2.20. The van der Waals surface area contributed by atoms with Crippen molar-refractivity contribution in [2.75, 3.05) is 0 Å².